The van der Waals surface area contributed by atoms with E-state index in [-0.39, 0.29) is 5.56 Å². The van der Waals surface area contributed by atoms with Gasteiger partial charge in [-0.25, -0.2) is 4.98 Å². The average molecular weight is 389 g/mol. The summed E-state index contributed by atoms with van der Waals surface area (Å²) in [4.78, 5) is 18.1. The monoisotopic (exact) mass is 388 g/mol. The molecule has 0 atom stereocenters. The molecule has 0 unspecified atom stereocenters. The Morgan fingerprint density at radius 1 is 1.26 bits per heavy atom. The maximum Gasteiger partial charge on any atom is 0.258 e. The Kier molecular flexibility index (Phi) is 3.50. The van der Waals surface area contributed by atoms with Crippen LogP contribution in [0, 0.1) is 0 Å². The van der Waals surface area contributed by atoms with Crippen LogP contribution in [0.15, 0.2) is 50.5 Å². The van der Waals surface area contributed by atoms with Gasteiger partial charge in [0.05, 0.1) is 5.69 Å². The molecule has 9 heteroatoms. The Balaban J connectivity index is 1.68. The molecular formula is C14H9BrN6OS. The van der Waals surface area contributed by atoms with Gasteiger partial charge >= 0.3 is 0 Å². The molecule has 0 saturated carbocycles. The third-order valence-electron chi connectivity index (χ3n) is 3.21. The molecule has 0 amide bonds. The number of rotatable bonds is 3. The van der Waals surface area contributed by atoms with Crippen LogP contribution in [-0.2, 0) is 6.54 Å². The van der Waals surface area contributed by atoms with Gasteiger partial charge in [0.2, 0.25) is 5.82 Å². The molecule has 23 heavy (non-hydrogen) atoms. The molecule has 0 N–H and O–H groups in total. The molecule has 0 aliphatic heterocycles. The number of aromatic nitrogens is 6. The van der Waals surface area contributed by atoms with E-state index in [1.54, 1.807) is 23.6 Å². The topological polar surface area (TPSA) is 78.0 Å². The molecule has 114 valence electrons. The summed E-state index contributed by atoms with van der Waals surface area (Å²) < 4.78 is 2.30. The van der Waals surface area contributed by atoms with Crippen LogP contribution in [0.3, 0.4) is 0 Å². The highest BCUT2D eigenvalue weighted by molar-refractivity contribution is 9.10. The second kappa shape index (κ2) is 5.67. The fourth-order valence-electron chi connectivity index (χ4n) is 2.17. The third kappa shape index (κ3) is 2.80. The van der Waals surface area contributed by atoms with Gasteiger partial charge < -0.3 is 0 Å². The molecule has 4 aromatic rings. The van der Waals surface area contributed by atoms with E-state index in [9.17, 15) is 4.79 Å². The number of pyridine rings is 1. The van der Waals surface area contributed by atoms with Gasteiger partial charge in [-0.1, -0.05) is 0 Å². The molecule has 0 bridgehead atoms. The standard InChI is InChI=1S/C14H9BrN6OS/c15-10-1-2-12-16-11(5-13(22)20(12)6-10)7-21-18-14(17-19-21)9-3-4-23-8-9/h1-6,8H,7H2. The van der Waals surface area contributed by atoms with E-state index in [0.29, 0.717) is 23.7 Å². The number of tetrazole rings is 1. The lowest BCUT2D eigenvalue weighted by atomic mass is 10.3. The third-order valence-corrected chi connectivity index (χ3v) is 4.36. The fourth-order valence-corrected chi connectivity index (χ4v) is 3.14. The largest absolute Gasteiger partial charge is 0.269 e. The first kappa shape index (κ1) is 14.2. The second-order valence-electron chi connectivity index (χ2n) is 4.82. The molecule has 4 aromatic heterocycles. The van der Waals surface area contributed by atoms with Crippen molar-refractivity contribution in [1.29, 1.82) is 0 Å². The zero-order chi connectivity index (χ0) is 15.8. The molecule has 4 heterocycles. The zero-order valence-electron chi connectivity index (χ0n) is 11.6. The van der Waals surface area contributed by atoms with E-state index >= 15 is 0 Å². The van der Waals surface area contributed by atoms with Gasteiger partial charge in [0.1, 0.15) is 12.2 Å². The van der Waals surface area contributed by atoms with Gasteiger partial charge in [0.25, 0.3) is 5.56 Å². The highest BCUT2D eigenvalue weighted by Gasteiger charge is 2.09. The number of nitrogens with zero attached hydrogens (tertiary/aromatic N) is 6. The van der Waals surface area contributed by atoms with Gasteiger partial charge in [-0.15, -0.1) is 10.2 Å². The average Bonchev–Trinajstić information content (AvgIpc) is 3.19. The second-order valence-corrected chi connectivity index (χ2v) is 6.51. The molecule has 0 aliphatic carbocycles. The van der Waals surface area contributed by atoms with E-state index in [1.807, 2.05) is 22.9 Å². The van der Waals surface area contributed by atoms with Gasteiger partial charge in [-0.2, -0.15) is 16.1 Å². The van der Waals surface area contributed by atoms with Crippen LogP contribution in [-0.4, -0.2) is 29.6 Å². The normalized spacial score (nSPS) is 11.2. The summed E-state index contributed by atoms with van der Waals surface area (Å²) in [5, 5.41) is 16.3. The summed E-state index contributed by atoms with van der Waals surface area (Å²) in [5.74, 6) is 0.563. The molecule has 0 spiro atoms. The van der Waals surface area contributed by atoms with Crippen molar-refractivity contribution in [3.63, 3.8) is 0 Å². The number of fused-ring (bicyclic) bond motifs is 1. The van der Waals surface area contributed by atoms with Crippen LogP contribution in [0.25, 0.3) is 17.0 Å². The maximum absolute atomic E-state index is 12.2. The van der Waals surface area contributed by atoms with E-state index < -0.39 is 0 Å². The van der Waals surface area contributed by atoms with Crippen LogP contribution in [0.1, 0.15) is 5.69 Å². The smallest absolute Gasteiger partial charge is 0.258 e. The van der Waals surface area contributed by atoms with Crippen LogP contribution in [0.5, 0.6) is 0 Å². The van der Waals surface area contributed by atoms with Crippen molar-refractivity contribution in [3.8, 4) is 11.4 Å². The minimum atomic E-state index is -0.149. The minimum absolute atomic E-state index is 0.149. The van der Waals surface area contributed by atoms with Crippen LogP contribution in [0.4, 0.5) is 0 Å². The SMILES string of the molecule is O=c1cc(Cn2nnc(-c3ccsc3)n2)nc2ccc(Br)cn12. The summed E-state index contributed by atoms with van der Waals surface area (Å²) in [6.45, 7) is 0.291. The predicted molar refractivity (Wildman–Crippen MR) is 89.4 cm³/mol. The molecule has 0 aromatic carbocycles. The highest BCUT2D eigenvalue weighted by atomic mass is 79.9. The van der Waals surface area contributed by atoms with Gasteiger partial charge in [0, 0.05) is 27.7 Å². The molecule has 7 nitrogen and oxygen atoms in total. The zero-order valence-corrected chi connectivity index (χ0v) is 14.0. The van der Waals surface area contributed by atoms with Gasteiger partial charge in [0.15, 0.2) is 0 Å². The Morgan fingerprint density at radius 3 is 3.00 bits per heavy atom. The molecule has 4 rings (SSSR count). The summed E-state index contributed by atoms with van der Waals surface area (Å²) in [6, 6.07) is 7.03. The molecular weight excluding hydrogens is 380 g/mol. The number of hydrogen-bond acceptors (Lipinski definition) is 6. The van der Waals surface area contributed by atoms with Crippen LogP contribution >= 0.6 is 27.3 Å². The van der Waals surface area contributed by atoms with Gasteiger partial charge in [-0.05, 0) is 44.7 Å². The minimum Gasteiger partial charge on any atom is -0.269 e. The van der Waals surface area contributed by atoms with E-state index in [2.05, 4.69) is 36.3 Å². The van der Waals surface area contributed by atoms with Gasteiger partial charge in [-0.3, -0.25) is 9.20 Å². The van der Waals surface area contributed by atoms with Crippen molar-refractivity contribution in [2.24, 2.45) is 0 Å². The Bertz CT molecular complexity index is 1040. The van der Waals surface area contributed by atoms with Crippen molar-refractivity contribution in [1.82, 2.24) is 29.6 Å². The molecule has 0 fully saturated rings. The van der Waals surface area contributed by atoms with Crippen LogP contribution in [0.2, 0.25) is 0 Å². The van der Waals surface area contributed by atoms with Crippen LogP contribution < -0.4 is 5.56 Å². The lowest BCUT2D eigenvalue weighted by Gasteiger charge is -2.03. The van der Waals surface area contributed by atoms with Crippen molar-refractivity contribution in [2.75, 3.05) is 0 Å². The summed E-state index contributed by atoms with van der Waals surface area (Å²) in [5.41, 5.74) is 1.95. The summed E-state index contributed by atoms with van der Waals surface area (Å²) in [6.07, 6.45) is 1.69. The quantitative estimate of drug-likeness (QED) is 0.537. The first-order valence-electron chi connectivity index (χ1n) is 6.67. The van der Waals surface area contributed by atoms with Crippen molar-refractivity contribution in [3.05, 3.63) is 61.7 Å². The molecule has 0 radical (unpaired) electrons. The molecule has 0 saturated heterocycles. The first-order chi connectivity index (χ1) is 11.2. The number of halogens is 1. The predicted octanol–water partition coefficient (Wildman–Crippen LogP) is 2.22. The Labute approximate surface area is 142 Å². The van der Waals surface area contributed by atoms with Crippen molar-refractivity contribution in [2.45, 2.75) is 6.54 Å². The number of thiophene rings is 1. The number of hydrogen-bond donors (Lipinski definition) is 0. The Hall–Kier alpha value is -2.39. The molecule has 0 aliphatic rings. The lowest BCUT2D eigenvalue weighted by Crippen LogP contribution is -2.17. The van der Waals surface area contributed by atoms with Crippen molar-refractivity contribution < 1.29 is 0 Å². The van der Waals surface area contributed by atoms with E-state index in [1.165, 1.54) is 15.3 Å². The summed E-state index contributed by atoms with van der Waals surface area (Å²) in [7, 11) is 0. The highest BCUT2D eigenvalue weighted by Crippen LogP contribution is 2.16. The lowest BCUT2D eigenvalue weighted by molar-refractivity contribution is 0.564. The first-order valence-corrected chi connectivity index (χ1v) is 8.41. The maximum atomic E-state index is 12.2. The Morgan fingerprint density at radius 2 is 2.17 bits per heavy atom. The fraction of sp³-hybridized carbons (Fsp3) is 0.0714. The summed E-state index contributed by atoms with van der Waals surface area (Å²) >= 11 is 4.92. The van der Waals surface area contributed by atoms with E-state index in [4.69, 9.17) is 0 Å². The van der Waals surface area contributed by atoms with Crippen molar-refractivity contribution >= 4 is 32.9 Å². The van der Waals surface area contributed by atoms with E-state index in [0.717, 1.165) is 10.0 Å².